The predicted octanol–water partition coefficient (Wildman–Crippen LogP) is 3.44. The molecule has 1 saturated carbocycles. The second-order valence-electron chi connectivity index (χ2n) is 6.86. The Kier molecular flexibility index (Phi) is 3.04. The molecule has 0 aliphatic heterocycles. The van der Waals surface area contributed by atoms with Gasteiger partial charge in [-0.2, -0.15) is 0 Å². The molecule has 0 bridgehead atoms. The molecule has 0 amide bonds. The molecule has 2 heterocycles. The summed E-state index contributed by atoms with van der Waals surface area (Å²) in [7, 11) is 0. The van der Waals surface area contributed by atoms with E-state index < -0.39 is 0 Å². The molecule has 1 aliphatic rings. The molecule has 0 spiro atoms. The lowest BCUT2D eigenvalue weighted by atomic mass is 9.97. The minimum atomic E-state index is 0.222. The van der Waals surface area contributed by atoms with Gasteiger partial charge in [0.15, 0.2) is 5.65 Å². The second-order valence-corrected chi connectivity index (χ2v) is 6.86. The first kappa shape index (κ1) is 13.2. The van der Waals surface area contributed by atoms with E-state index in [2.05, 4.69) is 42.6 Å². The van der Waals surface area contributed by atoms with E-state index in [9.17, 15) is 0 Å². The highest BCUT2D eigenvalue weighted by Gasteiger charge is 2.26. The molecule has 0 atom stereocenters. The number of hydrogen-bond acceptors (Lipinski definition) is 3. The van der Waals surface area contributed by atoms with Crippen LogP contribution in [-0.4, -0.2) is 21.5 Å². The second kappa shape index (κ2) is 4.62. The third kappa shape index (κ3) is 2.69. The first-order valence-corrected chi connectivity index (χ1v) is 7.21. The quantitative estimate of drug-likeness (QED) is 0.894. The maximum absolute atomic E-state index is 4.77. The SMILES string of the molecule is C=C(NCC(C)(C)C)c1c[nH]c2ncc(C3CC3)nc12. The van der Waals surface area contributed by atoms with Gasteiger partial charge in [-0.3, -0.25) is 0 Å². The van der Waals surface area contributed by atoms with Crippen molar-refractivity contribution in [1.82, 2.24) is 20.3 Å². The maximum atomic E-state index is 4.77. The van der Waals surface area contributed by atoms with Crippen molar-refractivity contribution >= 4 is 16.9 Å². The third-order valence-corrected chi connectivity index (χ3v) is 3.55. The fourth-order valence-electron chi connectivity index (χ4n) is 2.18. The van der Waals surface area contributed by atoms with Crippen molar-refractivity contribution in [2.24, 2.45) is 5.41 Å². The van der Waals surface area contributed by atoms with Crippen LogP contribution >= 0.6 is 0 Å². The molecule has 0 aromatic carbocycles. The molecule has 0 saturated heterocycles. The zero-order valence-electron chi connectivity index (χ0n) is 12.5. The van der Waals surface area contributed by atoms with Crippen LogP contribution in [0.3, 0.4) is 0 Å². The Morgan fingerprint density at radius 1 is 1.45 bits per heavy atom. The van der Waals surface area contributed by atoms with Gasteiger partial charge in [0.1, 0.15) is 5.52 Å². The lowest BCUT2D eigenvalue weighted by molar-refractivity contribution is 0.406. The normalized spacial score (nSPS) is 15.6. The van der Waals surface area contributed by atoms with Gasteiger partial charge in [0, 0.05) is 29.9 Å². The van der Waals surface area contributed by atoms with Gasteiger partial charge >= 0.3 is 0 Å². The summed E-state index contributed by atoms with van der Waals surface area (Å²) in [5.41, 5.74) is 5.04. The zero-order chi connectivity index (χ0) is 14.3. The Balaban J connectivity index is 1.86. The van der Waals surface area contributed by atoms with Crippen molar-refractivity contribution < 1.29 is 0 Å². The standard InChI is InChI=1S/C16H22N4/c1-10(19-9-16(2,3)4)12-7-17-15-14(12)20-13(8-18-15)11-5-6-11/h7-8,11,19H,1,5-6,9H2,2-4H3,(H,17,18). The molecule has 106 valence electrons. The van der Waals surface area contributed by atoms with E-state index in [-0.39, 0.29) is 5.41 Å². The Hall–Kier alpha value is -1.84. The number of fused-ring (bicyclic) bond motifs is 1. The highest BCUT2D eigenvalue weighted by Crippen LogP contribution is 2.39. The first-order valence-electron chi connectivity index (χ1n) is 7.21. The van der Waals surface area contributed by atoms with Crippen LogP contribution in [0.5, 0.6) is 0 Å². The number of hydrogen-bond donors (Lipinski definition) is 2. The average molecular weight is 270 g/mol. The molecular weight excluding hydrogens is 248 g/mol. The van der Waals surface area contributed by atoms with E-state index in [0.29, 0.717) is 5.92 Å². The van der Waals surface area contributed by atoms with Crippen LogP contribution in [0, 0.1) is 5.41 Å². The van der Waals surface area contributed by atoms with E-state index in [1.54, 1.807) is 0 Å². The minimum absolute atomic E-state index is 0.222. The molecule has 2 aromatic heterocycles. The van der Waals surface area contributed by atoms with Crippen LogP contribution < -0.4 is 5.32 Å². The highest BCUT2D eigenvalue weighted by molar-refractivity contribution is 5.86. The number of rotatable bonds is 4. The van der Waals surface area contributed by atoms with Crippen LogP contribution in [0.25, 0.3) is 16.9 Å². The number of aromatic nitrogens is 3. The van der Waals surface area contributed by atoms with Crippen molar-refractivity contribution in [2.75, 3.05) is 6.54 Å². The fourth-order valence-corrected chi connectivity index (χ4v) is 2.18. The van der Waals surface area contributed by atoms with Gasteiger partial charge in [0.2, 0.25) is 0 Å². The molecule has 20 heavy (non-hydrogen) atoms. The number of nitrogens with zero attached hydrogens (tertiary/aromatic N) is 2. The van der Waals surface area contributed by atoms with Crippen molar-refractivity contribution in [1.29, 1.82) is 0 Å². The van der Waals surface area contributed by atoms with Crippen molar-refractivity contribution in [3.8, 4) is 0 Å². The molecule has 2 N–H and O–H groups in total. The van der Waals surface area contributed by atoms with E-state index in [4.69, 9.17) is 4.98 Å². The van der Waals surface area contributed by atoms with Crippen LogP contribution in [0.1, 0.15) is 50.8 Å². The molecule has 0 radical (unpaired) electrons. The monoisotopic (exact) mass is 270 g/mol. The third-order valence-electron chi connectivity index (χ3n) is 3.55. The highest BCUT2D eigenvalue weighted by atomic mass is 14.9. The van der Waals surface area contributed by atoms with Gasteiger partial charge < -0.3 is 10.3 Å². The van der Waals surface area contributed by atoms with Crippen molar-refractivity contribution in [2.45, 2.75) is 39.5 Å². The van der Waals surface area contributed by atoms with Gasteiger partial charge in [-0.25, -0.2) is 9.97 Å². The van der Waals surface area contributed by atoms with Gasteiger partial charge in [-0.1, -0.05) is 27.4 Å². The number of H-pyrrole nitrogens is 1. The Bertz CT molecular complexity index is 644. The van der Waals surface area contributed by atoms with Crippen molar-refractivity contribution in [3.63, 3.8) is 0 Å². The lowest BCUT2D eigenvalue weighted by Crippen LogP contribution is -2.25. The van der Waals surface area contributed by atoms with E-state index >= 15 is 0 Å². The molecule has 2 aromatic rings. The number of nitrogens with one attached hydrogen (secondary N) is 2. The fraction of sp³-hybridized carbons (Fsp3) is 0.500. The molecule has 4 heteroatoms. The average Bonchev–Trinajstić information content (AvgIpc) is 3.15. The Morgan fingerprint density at radius 3 is 2.85 bits per heavy atom. The van der Waals surface area contributed by atoms with Gasteiger partial charge in [-0.05, 0) is 18.3 Å². The Morgan fingerprint density at radius 2 is 2.20 bits per heavy atom. The van der Waals surface area contributed by atoms with Gasteiger partial charge in [-0.15, -0.1) is 0 Å². The van der Waals surface area contributed by atoms with E-state index in [0.717, 1.165) is 34.7 Å². The molecule has 0 unspecified atom stereocenters. The largest absolute Gasteiger partial charge is 0.384 e. The summed E-state index contributed by atoms with van der Waals surface area (Å²) in [6.07, 6.45) is 6.32. The zero-order valence-corrected chi connectivity index (χ0v) is 12.5. The van der Waals surface area contributed by atoms with Crippen LogP contribution in [0.2, 0.25) is 0 Å². The lowest BCUT2D eigenvalue weighted by Gasteiger charge is -2.20. The minimum Gasteiger partial charge on any atom is -0.384 e. The molecule has 4 nitrogen and oxygen atoms in total. The van der Waals surface area contributed by atoms with E-state index in [1.165, 1.54) is 12.8 Å². The summed E-state index contributed by atoms with van der Waals surface area (Å²) in [4.78, 5) is 12.4. The maximum Gasteiger partial charge on any atom is 0.156 e. The van der Waals surface area contributed by atoms with Crippen molar-refractivity contribution in [3.05, 3.63) is 30.2 Å². The molecule has 3 rings (SSSR count). The summed E-state index contributed by atoms with van der Waals surface area (Å²) in [6, 6.07) is 0. The van der Waals surface area contributed by atoms with Gasteiger partial charge in [0.25, 0.3) is 0 Å². The van der Waals surface area contributed by atoms with Crippen LogP contribution in [0.4, 0.5) is 0 Å². The summed E-state index contributed by atoms with van der Waals surface area (Å²) in [5, 5.41) is 3.40. The Labute approximate surface area is 119 Å². The topological polar surface area (TPSA) is 53.6 Å². The first-order chi connectivity index (χ1) is 9.44. The molecule has 1 aliphatic carbocycles. The molecular formula is C16H22N4. The summed E-state index contributed by atoms with van der Waals surface area (Å²) in [6.45, 7) is 11.6. The summed E-state index contributed by atoms with van der Waals surface area (Å²) >= 11 is 0. The number of aromatic amines is 1. The van der Waals surface area contributed by atoms with Crippen LogP contribution in [0.15, 0.2) is 19.0 Å². The summed E-state index contributed by atoms with van der Waals surface area (Å²) < 4.78 is 0. The molecule has 1 fully saturated rings. The van der Waals surface area contributed by atoms with E-state index in [1.807, 2.05) is 12.4 Å². The summed E-state index contributed by atoms with van der Waals surface area (Å²) in [5.74, 6) is 0.616. The van der Waals surface area contributed by atoms with Crippen LogP contribution in [-0.2, 0) is 0 Å². The van der Waals surface area contributed by atoms with Gasteiger partial charge in [0.05, 0.1) is 11.9 Å². The predicted molar refractivity (Wildman–Crippen MR) is 82.4 cm³/mol. The smallest absolute Gasteiger partial charge is 0.156 e.